The van der Waals surface area contributed by atoms with Crippen LogP contribution in [0.5, 0.6) is 5.75 Å². The molecule has 242 valence electrons. The van der Waals surface area contributed by atoms with E-state index in [4.69, 9.17) is 14.2 Å². The van der Waals surface area contributed by atoms with Gasteiger partial charge in [-0.25, -0.2) is 8.42 Å². The summed E-state index contributed by atoms with van der Waals surface area (Å²) in [6, 6.07) is 7.22. The normalized spacial score (nSPS) is 21.4. The molecule has 11 heteroatoms. The minimum Gasteiger partial charge on any atom is -0.497 e. The summed E-state index contributed by atoms with van der Waals surface area (Å²) in [5.74, 6) is 0.564. The van der Waals surface area contributed by atoms with Gasteiger partial charge in [0.25, 0.3) is 0 Å². The highest BCUT2D eigenvalue weighted by Crippen LogP contribution is 2.37. The second kappa shape index (κ2) is 14.7. The predicted octanol–water partition coefficient (Wildman–Crippen LogP) is 3.90. The van der Waals surface area contributed by atoms with Crippen molar-refractivity contribution in [1.82, 2.24) is 19.1 Å². The number of methoxy groups -OCH3 is 1. The largest absolute Gasteiger partial charge is 0.497 e. The van der Waals surface area contributed by atoms with Crippen molar-refractivity contribution in [3.8, 4) is 5.75 Å². The molecule has 0 radical (unpaired) electrons. The van der Waals surface area contributed by atoms with Crippen molar-refractivity contribution in [2.75, 3.05) is 66.2 Å². The first-order valence-corrected chi connectivity index (χ1v) is 17.5. The summed E-state index contributed by atoms with van der Waals surface area (Å²) in [6.07, 6.45) is 9.98. The third-order valence-electron chi connectivity index (χ3n) is 9.44. The van der Waals surface area contributed by atoms with Crippen LogP contribution in [-0.2, 0) is 29.9 Å². The summed E-state index contributed by atoms with van der Waals surface area (Å²) in [7, 11) is -2.16. The summed E-state index contributed by atoms with van der Waals surface area (Å²) in [4.78, 5) is 22.2. The highest BCUT2D eigenvalue weighted by Gasteiger charge is 2.39. The second-order valence-electron chi connectivity index (χ2n) is 12.4. The first-order valence-electron chi connectivity index (χ1n) is 16.0. The first kappa shape index (κ1) is 32.8. The van der Waals surface area contributed by atoms with Gasteiger partial charge in [-0.15, -0.1) is 0 Å². The Kier molecular flexibility index (Phi) is 10.9. The standard InChI is InChI=1S/C33H48N4O6S/c1-26-21-30(41-3)22-27(2)32(26)44(39,40)37-16-5-4-10-29(37)24-42-25-31(38)36-17-11-33(12-18-36,28-9-8-13-34-23-28)43-20-19-35-14-6-7-15-35/h8-9,13,21-23,29H,4-7,10-12,14-20,24-25H2,1-3H3/t29-/m0/s1. The summed E-state index contributed by atoms with van der Waals surface area (Å²) in [6.45, 7) is 9.15. The number of rotatable bonds is 12. The Morgan fingerprint density at radius 2 is 1.73 bits per heavy atom. The molecule has 0 spiro atoms. The maximum Gasteiger partial charge on any atom is 0.248 e. The third-order valence-corrected chi connectivity index (χ3v) is 11.7. The molecule has 0 saturated carbocycles. The number of hydrogen-bond acceptors (Lipinski definition) is 8. The topological polar surface area (TPSA) is 102 Å². The van der Waals surface area contributed by atoms with Gasteiger partial charge in [0, 0.05) is 50.2 Å². The number of sulfonamides is 1. The fourth-order valence-corrected chi connectivity index (χ4v) is 9.12. The number of likely N-dealkylation sites (tertiary alicyclic amines) is 2. The molecule has 1 aromatic carbocycles. The molecule has 3 fully saturated rings. The minimum atomic E-state index is -3.74. The lowest BCUT2D eigenvalue weighted by molar-refractivity contribution is -0.145. The average molecular weight is 629 g/mol. The van der Waals surface area contributed by atoms with Crippen LogP contribution in [0.1, 0.15) is 61.6 Å². The minimum absolute atomic E-state index is 0.0688. The number of piperidine rings is 2. The highest BCUT2D eigenvalue weighted by atomic mass is 32.2. The zero-order valence-corrected chi connectivity index (χ0v) is 27.3. The van der Waals surface area contributed by atoms with Crippen LogP contribution in [0.15, 0.2) is 41.6 Å². The molecule has 0 N–H and O–H groups in total. The summed E-state index contributed by atoms with van der Waals surface area (Å²) in [5, 5.41) is 0. The fraction of sp³-hybridized carbons (Fsp3) is 0.636. The molecule has 2 aromatic rings. The molecule has 3 aliphatic heterocycles. The van der Waals surface area contributed by atoms with Crippen LogP contribution in [0.25, 0.3) is 0 Å². The lowest BCUT2D eigenvalue weighted by Crippen LogP contribution is -2.49. The summed E-state index contributed by atoms with van der Waals surface area (Å²) >= 11 is 0. The van der Waals surface area contributed by atoms with Gasteiger partial charge >= 0.3 is 0 Å². The molecule has 1 amide bonds. The van der Waals surface area contributed by atoms with Crippen molar-refractivity contribution in [2.24, 2.45) is 0 Å². The average Bonchev–Trinajstić information content (AvgIpc) is 3.55. The van der Waals surface area contributed by atoms with E-state index >= 15 is 0 Å². The number of amides is 1. The Balaban J connectivity index is 1.16. The van der Waals surface area contributed by atoms with Crippen LogP contribution >= 0.6 is 0 Å². The molecule has 10 nitrogen and oxygen atoms in total. The molecule has 5 rings (SSSR count). The molecule has 0 unspecified atom stereocenters. The fourth-order valence-electron chi connectivity index (χ4n) is 7.03. The number of ether oxygens (including phenoxy) is 3. The molecule has 1 atom stereocenters. The summed E-state index contributed by atoms with van der Waals surface area (Å²) in [5.41, 5.74) is 1.93. The van der Waals surface area contributed by atoms with E-state index in [2.05, 4.69) is 16.0 Å². The van der Waals surface area contributed by atoms with Gasteiger partial charge in [0.15, 0.2) is 0 Å². The zero-order valence-electron chi connectivity index (χ0n) is 26.5. The number of nitrogens with zero attached hydrogens (tertiary/aromatic N) is 4. The number of carbonyl (C=O) groups is 1. The van der Waals surface area contributed by atoms with Crippen LogP contribution in [0.3, 0.4) is 0 Å². The Hall–Kier alpha value is -2.57. The quantitative estimate of drug-likeness (QED) is 0.349. The molecule has 44 heavy (non-hydrogen) atoms. The smallest absolute Gasteiger partial charge is 0.248 e. The van der Waals surface area contributed by atoms with Crippen LogP contribution in [-0.4, -0.2) is 106 Å². The maximum atomic E-state index is 13.8. The first-order chi connectivity index (χ1) is 21.2. The van der Waals surface area contributed by atoms with Crippen molar-refractivity contribution in [1.29, 1.82) is 0 Å². The highest BCUT2D eigenvalue weighted by molar-refractivity contribution is 7.89. The van der Waals surface area contributed by atoms with Crippen LogP contribution in [0.4, 0.5) is 0 Å². The van der Waals surface area contributed by atoms with Crippen molar-refractivity contribution >= 4 is 15.9 Å². The molecule has 0 aliphatic carbocycles. The van der Waals surface area contributed by atoms with E-state index in [9.17, 15) is 13.2 Å². The van der Waals surface area contributed by atoms with E-state index in [-0.39, 0.29) is 25.2 Å². The van der Waals surface area contributed by atoms with Crippen molar-refractivity contribution in [3.05, 3.63) is 53.3 Å². The van der Waals surface area contributed by atoms with E-state index < -0.39 is 15.6 Å². The Bertz CT molecular complexity index is 1330. The van der Waals surface area contributed by atoms with Crippen LogP contribution in [0.2, 0.25) is 0 Å². The maximum absolute atomic E-state index is 13.8. The van der Waals surface area contributed by atoms with E-state index in [0.29, 0.717) is 67.3 Å². The van der Waals surface area contributed by atoms with Crippen LogP contribution < -0.4 is 4.74 Å². The number of benzene rings is 1. The zero-order chi connectivity index (χ0) is 31.2. The number of aromatic nitrogens is 1. The lowest BCUT2D eigenvalue weighted by atomic mass is 9.85. The molecule has 0 bridgehead atoms. The van der Waals surface area contributed by atoms with E-state index in [1.807, 2.05) is 17.2 Å². The van der Waals surface area contributed by atoms with Crippen molar-refractivity contribution < 1.29 is 27.4 Å². The van der Waals surface area contributed by atoms with Crippen LogP contribution in [0, 0.1) is 13.8 Å². The molecular formula is C33H48N4O6S. The van der Waals surface area contributed by atoms with Gasteiger partial charge in [-0.3, -0.25) is 9.78 Å². The molecule has 1 aromatic heterocycles. The van der Waals surface area contributed by atoms with Crippen molar-refractivity contribution in [2.45, 2.75) is 75.3 Å². The number of pyridine rings is 1. The number of hydrogen-bond donors (Lipinski definition) is 0. The molecule has 3 aliphatic rings. The Morgan fingerprint density at radius 3 is 2.39 bits per heavy atom. The van der Waals surface area contributed by atoms with Gasteiger partial charge in [-0.2, -0.15) is 4.31 Å². The SMILES string of the molecule is COc1cc(C)c(S(=O)(=O)N2CCCC[C@H]2COCC(=O)N2CCC(OCCN3CCCC3)(c3cccnc3)CC2)c(C)c1. The van der Waals surface area contributed by atoms with Gasteiger partial charge in [-0.1, -0.05) is 12.5 Å². The van der Waals surface area contributed by atoms with Gasteiger partial charge in [0.1, 0.15) is 12.4 Å². The van der Waals surface area contributed by atoms with E-state index in [0.717, 1.165) is 38.0 Å². The second-order valence-corrected chi connectivity index (χ2v) is 14.2. The van der Waals surface area contributed by atoms with Gasteiger partial charge in [0.2, 0.25) is 15.9 Å². The summed E-state index contributed by atoms with van der Waals surface area (Å²) < 4.78 is 47.1. The van der Waals surface area contributed by atoms with E-state index in [1.54, 1.807) is 43.6 Å². The van der Waals surface area contributed by atoms with E-state index in [1.165, 1.54) is 12.8 Å². The molecule has 3 saturated heterocycles. The van der Waals surface area contributed by atoms with Crippen molar-refractivity contribution in [3.63, 3.8) is 0 Å². The molecule has 4 heterocycles. The van der Waals surface area contributed by atoms with Gasteiger partial charge < -0.3 is 24.0 Å². The lowest BCUT2D eigenvalue weighted by Gasteiger charge is -2.42. The van der Waals surface area contributed by atoms with Gasteiger partial charge in [0.05, 0.1) is 30.8 Å². The Labute approximate surface area is 262 Å². The Morgan fingerprint density at radius 1 is 1.02 bits per heavy atom. The predicted molar refractivity (Wildman–Crippen MR) is 168 cm³/mol. The number of carbonyl (C=O) groups excluding carboxylic acids is 1. The van der Waals surface area contributed by atoms with Gasteiger partial charge in [-0.05, 0) is 94.8 Å². The number of aryl methyl sites for hydroxylation is 2. The monoisotopic (exact) mass is 628 g/mol. The molecular weight excluding hydrogens is 580 g/mol. The third kappa shape index (κ3) is 7.45.